The second-order valence-electron chi connectivity index (χ2n) is 3.51. The Morgan fingerprint density at radius 1 is 1.73 bits per heavy atom. The molecule has 1 N–H and O–H groups in total. The highest BCUT2D eigenvalue weighted by atomic mass is 16.5. The van der Waals surface area contributed by atoms with Gasteiger partial charge in [0, 0.05) is 6.54 Å². The van der Waals surface area contributed by atoms with E-state index in [-0.39, 0.29) is 11.4 Å². The van der Waals surface area contributed by atoms with Gasteiger partial charge in [0.2, 0.25) is 0 Å². The van der Waals surface area contributed by atoms with Gasteiger partial charge in [-0.25, -0.2) is 0 Å². The number of rotatable bonds is 1. The molecule has 2 fully saturated rings. The third kappa shape index (κ3) is 0.745. The van der Waals surface area contributed by atoms with Crippen molar-refractivity contribution in [3.05, 3.63) is 0 Å². The average molecular weight is 155 g/mol. The Morgan fingerprint density at radius 3 is 3.00 bits per heavy atom. The number of hydrogen-bond acceptors (Lipinski definition) is 3. The van der Waals surface area contributed by atoms with E-state index in [1.807, 2.05) is 0 Å². The van der Waals surface area contributed by atoms with Crippen molar-refractivity contribution in [2.75, 3.05) is 20.2 Å². The number of carbonyl (C=O) groups is 1. The summed E-state index contributed by atoms with van der Waals surface area (Å²) >= 11 is 0. The van der Waals surface area contributed by atoms with Crippen LogP contribution in [0.2, 0.25) is 0 Å². The van der Waals surface area contributed by atoms with Gasteiger partial charge < -0.3 is 10.1 Å². The lowest BCUT2D eigenvalue weighted by molar-refractivity contribution is -0.160. The first kappa shape index (κ1) is 7.10. The molecule has 1 heterocycles. The van der Waals surface area contributed by atoms with E-state index in [1.54, 1.807) is 0 Å². The lowest BCUT2D eigenvalue weighted by Crippen LogP contribution is -2.46. The van der Waals surface area contributed by atoms with Gasteiger partial charge in [0.15, 0.2) is 0 Å². The Kier molecular flexibility index (Phi) is 1.42. The molecule has 1 aliphatic heterocycles. The van der Waals surface area contributed by atoms with E-state index in [9.17, 15) is 4.79 Å². The maximum absolute atomic E-state index is 11.3. The number of nitrogens with one attached hydrogen (secondary N) is 1. The zero-order valence-corrected chi connectivity index (χ0v) is 6.72. The largest absolute Gasteiger partial charge is 0.469 e. The molecule has 1 aliphatic carbocycles. The van der Waals surface area contributed by atoms with Crippen molar-refractivity contribution in [3.8, 4) is 0 Å². The molecule has 0 unspecified atom stereocenters. The van der Waals surface area contributed by atoms with Gasteiger partial charge in [-0.15, -0.1) is 0 Å². The molecule has 0 aromatic rings. The maximum Gasteiger partial charge on any atom is 0.313 e. The van der Waals surface area contributed by atoms with E-state index in [0.717, 1.165) is 19.5 Å². The molecule has 0 aromatic heterocycles. The van der Waals surface area contributed by atoms with Crippen LogP contribution in [-0.2, 0) is 9.53 Å². The Labute approximate surface area is 66.1 Å². The number of fused-ring (bicyclic) bond motifs is 1. The SMILES string of the molecule is COC(=O)[C@@]12CC[C@H]1CNC2. The Bertz CT molecular complexity index is 193. The molecule has 3 heteroatoms. The summed E-state index contributed by atoms with van der Waals surface area (Å²) in [4.78, 5) is 11.3. The topological polar surface area (TPSA) is 38.3 Å². The van der Waals surface area contributed by atoms with Crippen LogP contribution in [0.5, 0.6) is 0 Å². The minimum Gasteiger partial charge on any atom is -0.469 e. The first-order chi connectivity index (χ1) is 5.29. The molecule has 0 amide bonds. The summed E-state index contributed by atoms with van der Waals surface area (Å²) in [5.41, 5.74) is -0.130. The molecule has 11 heavy (non-hydrogen) atoms. The highest BCUT2D eigenvalue weighted by molar-refractivity contribution is 5.79. The monoisotopic (exact) mass is 155 g/mol. The quantitative estimate of drug-likeness (QED) is 0.548. The van der Waals surface area contributed by atoms with Crippen molar-refractivity contribution >= 4 is 5.97 Å². The average Bonchev–Trinajstić information content (AvgIpc) is 2.27. The van der Waals surface area contributed by atoms with Crippen LogP contribution in [0.3, 0.4) is 0 Å². The van der Waals surface area contributed by atoms with Crippen molar-refractivity contribution in [1.82, 2.24) is 5.32 Å². The molecule has 2 rings (SSSR count). The summed E-state index contributed by atoms with van der Waals surface area (Å²) in [6, 6.07) is 0. The van der Waals surface area contributed by atoms with Crippen molar-refractivity contribution < 1.29 is 9.53 Å². The van der Waals surface area contributed by atoms with Gasteiger partial charge in [0.25, 0.3) is 0 Å². The maximum atomic E-state index is 11.3. The van der Waals surface area contributed by atoms with Crippen LogP contribution < -0.4 is 5.32 Å². The zero-order chi connectivity index (χ0) is 7.90. The van der Waals surface area contributed by atoms with Crippen LogP contribution >= 0.6 is 0 Å². The number of carbonyl (C=O) groups excluding carboxylic acids is 1. The van der Waals surface area contributed by atoms with Crippen molar-refractivity contribution in [2.45, 2.75) is 12.8 Å². The summed E-state index contributed by atoms with van der Waals surface area (Å²) < 4.78 is 4.78. The fourth-order valence-electron chi connectivity index (χ4n) is 2.24. The van der Waals surface area contributed by atoms with Crippen LogP contribution in [0, 0.1) is 11.3 Å². The lowest BCUT2D eigenvalue weighted by Gasteiger charge is -2.40. The summed E-state index contributed by atoms with van der Waals surface area (Å²) in [5, 5.41) is 3.24. The minimum absolute atomic E-state index is 0.0150. The molecule has 62 valence electrons. The predicted molar refractivity (Wildman–Crippen MR) is 40.0 cm³/mol. The van der Waals surface area contributed by atoms with Crippen LogP contribution in [0.25, 0.3) is 0 Å². The van der Waals surface area contributed by atoms with E-state index < -0.39 is 0 Å². The Morgan fingerprint density at radius 2 is 2.55 bits per heavy atom. The van der Waals surface area contributed by atoms with Crippen LogP contribution in [0.1, 0.15) is 12.8 Å². The molecule has 0 radical (unpaired) electrons. The molecule has 0 bridgehead atoms. The number of hydrogen-bond donors (Lipinski definition) is 1. The van der Waals surface area contributed by atoms with Gasteiger partial charge >= 0.3 is 5.97 Å². The highest BCUT2D eigenvalue weighted by Crippen LogP contribution is 2.49. The second-order valence-corrected chi connectivity index (χ2v) is 3.51. The molecule has 0 aromatic carbocycles. The van der Waals surface area contributed by atoms with Gasteiger partial charge in [-0.3, -0.25) is 4.79 Å². The molecule has 2 atom stereocenters. The van der Waals surface area contributed by atoms with Crippen molar-refractivity contribution in [1.29, 1.82) is 0 Å². The van der Waals surface area contributed by atoms with Crippen molar-refractivity contribution in [3.63, 3.8) is 0 Å². The second kappa shape index (κ2) is 2.21. The van der Waals surface area contributed by atoms with E-state index in [2.05, 4.69) is 5.32 Å². The lowest BCUT2D eigenvalue weighted by atomic mass is 9.62. The first-order valence-electron chi connectivity index (χ1n) is 4.09. The van der Waals surface area contributed by atoms with Gasteiger partial charge in [0.1, 0.15) is 0 Å². The number of methoxy groups -OCH3 is 1. The molecule has 3 nitrogen and oxygen atoms in total. The number of ether oxygens (including phenoxy) is 1. The highest BCUT2D eigenvalue weighted by Gasteiger charge is 2.56. The van der Waals surface area contributed by atoms with Gasteiger partial charge in [-0.1, -0.05) is 0 Å². The smallest absolute Gasteiger partial charge is 0.313 e. The van der Waals surface area contributed by atoms with E-state index in [1.165, 1.54) is 13.5 Å². The standard InChI is InChI=1S/C8H13NO2/c1-11-7(10)8-3-2-6(8)4-9-5-8/h6,9H,2-5H2,1H3/t6-,8+/m0/s1. The van der Waals surface area contributed by atoms with E-state index >= 15 is 0 Å². The van der Waals surface area contributed by atoms with Crippen molar-refractivity contribution in [2.24, 2.45) is 11.3 Å². The molecule has 1 saturated heterocycles. The normalized spacial score (nSPS) is 41.0. The third-order valence-corrected chi connectivity index (χ3v) is 3.14. The molecular formula is C8H13NO2. The predicted octanol–water partition coefficient (Wildman–Crippen LogP) is 0.159. The molecule has 0 spiro atoms. The van der Waals surface area contributed by atoms with Gasteiger partial charge in [-0.05, 0) is 25.3 Å². The molecule has 2 aliphatic rings. The first-order valence-corrected chi connectivity index (χ1v) is 4.09. The summed E-state index contributed by atoms with van der Waals surface area (Å²) in [7, 11) is 1.48. The van der Waals surface area contributed by atoms with E-state index in [4.69, 9.17) is 4.74 Å². The summed E-state index contributed by atoms with van der Waals surface area (Å²) in [5.74, 6) is 0.536. The molecular weight excluding hydrogens is 142 g/mol. The zero-order valence-electron chi connectivity index (χ0n) is 6.72. The van der Waals surface area contributed by atoms with Crippen LogP contribution in [0.4, 0.5) is 0 Å². The minimum atomic E-state index is -0.130. The van der Waals surface area contributed by atoms with Gasteiger partial charge in [0.05, 0.1) is 12.5 Å². The van der Waals surface area contributed by atoms with E-state index in [0.29, 0.717) is 5.92 Å². The fourth-order valence-corrected chi connectivity index (χ4v) is 2.24. The fraction of sp³-hybridized carbons (Fsp3) is 0.875. The Hall–Kier alpha value is -0.570. The van der Waals surface area contributed by atoms with Gasteiger partial charge in [-0.2, -0.15) is 0 Å². The third-order valence-electron chi connectivity index (χ3n) is 3.14. The molecule has 1 saturated carbocycles. The van der Waals surface area contributed by atoms with Crippen LogP contribution in [0.15, 0.2) is 0 Å². The number of esters is 1. The summed E-state index contributed by atoms with van der Waals surface area (Å²) in [6.45, 7) is 1.82. The Balaban J connectivity index is 2.15. The van der Waals surface area contributed by atoms with Crippen LogP contribution in [-0.4, -0.2) is 26.2 Å². The summed E-state index contributed by atoms with van der Waals surface area (Å²) in [6.07, 6.45) is 2.19.